The lowest BCUT2D eigenvalue weighted by Gasteiger charge is -2.12. The van der Waals surface area contributed by atoms with Gasteiger partial charge in [-0.25, -0.2) is 15.0 Å². The van der Waals surface area contributed by atoms with Gasteiger partial charge in [-0.3, -0.25) is 9.38 Å². The van der Waals surface area contributed by atoms with E-state index in [9.17, 15) is 0 Å². The zero-order valence-electron chi connectivity index (χ0n) is 28.4. The summed E-state index contributed by atoms with van der Waals surface area (Å²) >= 11 is 0. The molecule has 0 aliphatic carbocycles. The van der Waals surface area contributed by atoms with Gasteiger partial charge in [0.1, 0.15) is 5.82 Å². The average molecular weight is 680 g/mol. The summed E-state index contributed by atoms with van der Waals surface area (Å²) in [7, 11) is 0. The van der Waals surface area contributed by atoms with Crippen LogP contribution in [0.2, 0.25) is 0 Å². The Balaban J connectivity index is 1.07. The third-order valence-corrected chi connectivity index (χ3v) is 9.61. The molecule has 0 aliphatic rings. The van der Waals surface area contributed by atoms with E-state index in [-0.39, 0.29) is 0 Å². The van der Waals surface area contributed by atoms with Crippen LogP contribution in [0.25, 0.3) is 95.1 Å². The summed E-state index contributed by atoms with van der Waals surface area (Å²) in [5.74, 6) is 2.19. The molecule has 10 aromatic rings. The molecule has 6 aromatic carbocycles. The van der Waals surface area contributed by atoms with E-state index in [1.54, 1.807) is 6.20 Å². The topological polar surface area (TPSA) is 81.8 Å². The first-order valence-corrected chi connectivity index (χ1v) is 17.4. The van der Waals surface area contributed by atoms with Crippen molar-refractivity contribution in [1.82, 2.24) is 34.5 Å². The second-order valence-electron chi connectivity index (χ2n) is 12.9. The van der Waals surface area contributed by atoms with Gasteiger partial charge < -0.3 is 0 Å². The van der Waals surface area contributed by atoms with Crippen LogP contribution in [-0.2, 0) is 0 Å². The quantitative estimate of drug-likeness (QED) is 0.174. The van der Waals surface area contributed by atoms with E-state index >= 15 is 0 Å². The Bertz CT molecular complexity index is 2940. The third-order valence-electron chi connectivity index (χ3n) is 9.61. The van der Waals surface area contributed by atoms with Crippen molar-refractivity contribution in [2.75, 3.05) is 0 Å². The maximum Gasteiger partial charge on any atom is 0.172 e. The standard InChI is InChI=1S/C46H29N7/c1-2-11-32(12-3-1)45-51-52-46-39-19-5-7-21-41(39)49-44(53(45)46)36-16-9-14-34(28-36)33-13-8-15-35(27-33)43-48-40-20-6-4-18-38(40)42(50-43)31-24-22-30(23-25-31)37-17-10-26-47-29-37/h1-29H. The first kappa shape index (κ1) is 30.4. The van der Waals surface area contributed by atoms with Gasteiger partial charge in [0.25, 0.3) is 0 Å². The second-order valence-corrected chi connectivity index (χ2v) is 12.9. The lowest BCUT2D eigenvalue weighted by molar-refractivity contribution is 1.10. The zero-order chi connectivity index (χ0) is 35.1. The van der Waals surface area contributed by atoms with E-state index < -0.39 is 0 Å². The molecule has 0 unspecified atom stereocenters. The van der Waals surface area contributed by atoms with Crippen molar-refractivity contribution >= 4 is 27.5 Å². The molecule has 4 heterocycles. The van der Waals surface area contributed by atoms with Crippen LogP contribution in [0.1, 0.15) is 0 Å². The molecule has 0 N–H and O–H groups in total. The second kappa shape index (κ2) is 12.7. The number of aromatic nitrogens is 7. The number of para-hydroxylation sites is 2. The van der Waals surface area contributed by atoms with Gasteiger partial charge in [-0.1, -0.05) is 127 Å². The zero-order valence-corrected chi connectivity index (χ0v) is 28.4. The van der Waals surface area contributed by atoms with Crippen LogP contribution < -0.4 is 0 Å². The molecule has 0 spiro atoms. The Morgan fingerprint density at radius 2 is 1.00 bits per heavy atom. The van der Waals surface area contributed by atoms with E-state index in [0.29, 0.717) is 5.82 Å². The summed E-state index contributed by atoms with van der Waals surface area (Å²) < 4.78 is 2.07. The van der Waals surface area contributed by atoms with Gasteiger partial charge in [0.2, 0.25) is 0 Å². The van der Waals surface area contributed by atoms with Crippen LogP contribution in [0, 0.1) is 0 Å². The predicted molar refractivity (Wildman–Crippen MR) is 212 cm³/mol. The summed E-state index contributed by atoms with van der Waals surface area (Å²) in [5, 5.41) is 11.3. The van der Waals surface area contributed by atoms with Crippen LogP contribution in [-0.4, -0.2) is 34.5 Å². The van der Waals surface area contributed by atoms with Gasteiger partial charge in [-0.15, -0.1) is 10.2 Å². The molecule has 0 amide bonds. The van der Waals surface area contributed by atoms with Crippen molar-refractivity contribution in [3.8, 4) is 67.7 Å². The number of rotatable bonds is 6. The van der Waals surface area contributed by atoms with Crippen LogP contribution in [0.3, 0.4) is 0 Å². The smallest absolute Gasteiger partial charge is 0.172 e. The molecule has 0 radical (unpaired) electrons. The minimum Gasteiger partial charge on any atom is -0.264 e. The SMILES string of the molecule is c1ccc(-c2nnc3c4ccccc4nc(-c4cccc(-c5cccc(-c6nc(-c7ccc(-c8cccnc8)cc7)c7ccccc7n6)c5)c4)n23)cc1. The van der Waals surface area contributed by atoms with Gasteiger partial charge in [0, 0.05) is 45.4 Å². The number of fused-ring (bicyclic) bond motifs is 4. The van der Waals surface area contributed by atoms with E-state index in [0.717, 1.165) is 89.3 Å². The fourth-order valence-electron chi connectivity index (χ4n) is 7.01. The minimum atomic E-state index is 0.669. The maximum atomic E-state index is 5.19. The molecule has 0 atom stereocenters. The lowest BCUT2D eigenvalue weighted by atomic mass is 9.99. The van der Waals surface area contributed by atoms with E-state index in [1.807, 2.05) is 72.9 Å². The van der Waals surface area contributed by atoms with Crippen LogP contribution in [0.5, 0.6) is 0 Å². The molecule has 4 aromatic heterocycles. The van der Waals surface area contributed by atoms with Crippen molar-refractivity contribution in [3.05, 3.63) is 176 Å². The van der Waals surface area contributed by atoms with E-state index in [2.05, 4.69) is 117 Å². The van der Waals surface area contributed by atoms with Crippen molar-refractivity contribution in [2.24, 2.45) is 0 Å². The largest absolute Gasteiger partial charge is 0.264 e. The summed E-state index contributed by atoms with van der Waals surface area (Å²) in [5.41, 5.74) is 11.6. The maximum absolute atomic E-state index is 5.19. The minimum absolute atomic E-state index is 0.669. The van der Waals surface area contributed by atoms with Gasteiger partial charge in [-0.2, -0.15) is 0 Å². The molecular formula is C46H29N7. The highest BCUT2D eigenvalue weighted by atomic mass is 15.3. The fourth-order valence-corrected chi connectivity index (χ4v) is 7.01. The molecule has 53 heavy (non-hydrogen) atoms. The van der Waals surface area contributed by atoms with Crippen molar-refractivity contribution in [3.63, 3.8) is 0 Å². The summed E-state index contributed by atoms with van der Waals surface area (Å²) in [6.45, 7) is 0. The fraction of sp³-hybridized carbons (Fsp3) is 0. The molecule has 0 bridgehead atoms. The van der Waals surface area contributed by atoms with Crippen molar-refractivity contribution < 1.29 is 0 Å². The number of nitrogens with zero attached hydrogens (tertiary/aromatic N) is 7. The van der Waals surface area contributed by atoms with Crippen LogP contribution in [0.4, 0.5) is 0 Å². The van der Waals surface area contributed by atoms with Gasteiger partial charge >= 0.3 is 0 Å². The van der Waals surface area contributed by atoms with Crippen LogP contribution in [0.15, 0.2) is 176 Å². The Labute approximate surface area is 305 Å². The Kier molecular flexibility index (Phi) is 7.32. The van der Waals surface area contributed by atoms with Crippen molar-refractivity contribution in [2.45, 2.75) is 0 Å². The van der Waals surface area contributed by atoms with Crippen molar-refractivity contribution in [1.29, 1.82) is 0 Å². The lowest BCUT2D eigenvalue weighted by Crippen LogP contribution is -2.00. The van der Waals surface area contributed by atoms with Gasteiger partial charge in [0.05, 0.1) is 16.7 Å². The molecule has 7 heteroatoms. The Hall–Kier alpha value is -7.38. The van der Waals surface area contributed by atoms with E-state index in [4.69, 9.17) is 15.0 Å². The highest BCUT2D eigenvalue weighted by Crippen LogP contribution is 2.34. The normalized spacial score (nSPS) is 11.4. The highest BCUT2D eigenvalue weighted by molar-refractivity contribution is 5.95. The van der Waals surface area contributed by atoms with Gasteiger partial charge in [0.15, 0.2) is 17.3 Å². The van der Waals surface area contributed by atoms with Crippen LogP contribution >= 0.6 is 0 Å². The Morgan fingerprint density at radius 3 is 1.77 bits per heavy atom. The third kappa shape index (κ3) is 5.48. The number of hydrogen-bond donors (Lipinski definition) is 0. The Morgan fingerprint density at radius 1 is 0.377 bits per heavy atom. The number of pyridine rings is 1. The molecule has 0 fully saturated rings. The molecule has 0 aliphatic heterocycles. The van der Waals surface area contributed by atoms with E-state index in [1.165, 1.54) is 0 Å². The predicted octanol–water partition coefficient (Wildman–Crippen LogP) is 10.6. The summed E-state index contributed by atoms with van der Waals surface area (Å²) in [4.78, 5) is 19.7. The summed E-state index contributed by atoms with van der Waals surface area (Å²) in [6, 6.07) is 55.8. The number of benzene rings is 6. The first-order chi connectivity index (χ1) is 26.3. The number of hydrogen-bond acceptors (Lipinski definition) is 6. The molecule has 10 rings (SSSR count). The molecule has 0 saturated carbocycles. The summed E-state index contributed by atoms with van der Waals surface area (Å²) in [6.07, 6.45) is 3.67. The highest BCUT2D eigenvalue weighted by Gasteiger charge is 2.18. The molecule has 248 valence electrons. The molecular weight excluding hydrogens is 651 g/mol. The molecule has 0 saturated heterocycles. The first-order valence-electron chi connectivity index (χ1n) is 17.4. The molecule has 7 nitrogen and oxygen atoms in total. The average Bonchev–Trinajstić information content (AvgIpc) is 3.70. The monoisotopic (exact) mass is 679 g/mol. The van der Waals surface area contributed by atoms with Gasteiger partial charge in [-0.05, 0) is 58.7 Å².